The molecule has 32 heavy (non-hydrogen) atoms. The van der Waals surface area contributed by atoms with E-state index in [2.05, 4.69) is 5.32 Å². The van der Waals surface area contributed by atoms with Gasteiger partial charge in [-0.05, 0) is 36.2 Å². The number of nitrogens with zero attached hydrogens (tertiary/aromatic N) is 3. The molecule has 164 valence electrons. The van der Waals surface area contributed by atoms with Gasteiger partial charge in [-0.25, -0.2) is 9.69 Å². The average molecular weight is 433 g/mol. The van der Waals surface area contributed by atoms with Crippen molar-refractivity contribution in [2.24, 2.45) is 5.73 Å². The quantitative estimate of drug-likeness (QED) is 0.580. The predicted molar refractivity (Wildman–Crippen MR) is 116 cm³/mol. The molecule has 1 atom stereocenters. The zero-order valence-electron chi connectivity index (χ0n) is 17.4. The van der Waals surface area contributed by atoms with Crippen LogP contribution in [0.3, 0.4) is 0 Å². The Balaban J connectivity index is 1.63. The summed E-state index contributed by atoms with van der Waals surface area (Å²) in [6.45, 7) is 0.487. The van der Waals surface area contributed by atoms with Crippen LogP contribution in [0, 0.1) is 11.3 Å². The summed E-state index contributed by atoms with van der Waals surface area (Å²) in [6, 6.07) is 16.0. The number of nitriles is 1. The molecule has 1 aliphatic heterocycles. The third-order valence-electron chi connectivity index (χ3n) is 5.12. The van der Waals surface area contributed by atoms with Crippen LogP contribution in [-0.2, 0) is 20.9 Å². The summed E-state index contributed by atoms with van der Waals surface area (Å²) in [5.41, 5.74) is 6.91. The van der Waals surface area contributed by atoms with E-state index in [-0.39, 0.29) is 31.7 Å². The van der Waals surface area contributed by atoms with Crippen molar-refractivity contribution in [3.05, 3.63) is 65.7 Å². The Morgan fingerprint density at radius 3 is 2.38 bits per heavy atom. The summed E-state index contributed by atoms with van der Waals surface area (Å²) in [7, 11) is 0. The minimum Gasteiger partial charge on any atom is -0.370 e. The molecule has 0 aromatic heterocycles. The van der Waals surface area contributed by atoms with Gasteiger partial charge >= 0.3 is 6.03 Å². The molecule has 0 aliphatic carbocycles. The first-order valence-electron chi connectivity index (χ1n) is 10.1. The lowest BCUT2D eigenvalue weighted by Gasteiger charge is -2.23. The lowest BCUT2D eigenvalue weighted by molar-refractivity contribution is -0.132. The first-order valence-corrected chi connectivity index (χ1v) is 10.1. The minimum atomic E-state index is -0.836. The fraction of sp³-hybridized carbons (Fsp3) is 0.261. The number of rotatable bonds is 9. The third-order valence-corrected chi connectivity index (χ3v) is 5.12. The Morgan fingerprint density at radius 2 is 1.75 bits per heavy atom. The highest BCUT2D eigenvalue weighted by molar-refractivity contribution is 6.21. The van der Waals surface area contributed by atoms with Crippen molar-refractivity contribution in [1.29, 1.82) is 5.26 Å². The van der Waals surface area contributed by atoms with Gasteiger partial charge in [0.15, 0.2) is 0 Å². The van der Waals surface area contributed by atoms with Crippen molar-refractivity contribution in [2.75, 3.05) is 11.4 Å². The van der Waals surface area contributed by atoms with Crippen molar-refractivity contribution in [3.63, 3.8) is 0 Å². The van der Waals surface area contributed by atoms with E-state index in [1.165, 1.54) is 29.2 Å². The van der Waals surface area contributed by atoms with Crippen molar-refractivity contribution in [2.45, 2.75) is 31.8 Å². The maximum absolute atomic E-state index is 12.8. The summed E-state index contributed by atoms with van der Waals surface area (Å²) in [5.74, 6) is -1.21. The number of carbonyl (C=O) groups excluding carboxylic acids is 4. The van der Waals surface area contributed by atoms with E-state index < -0.39 is 23.9 Å². The molecule has 9 heteroatoms. The van der Waals surface area contributed by atoms with Gasteiger partial charge in [-0.2, -0.15) is 5.26 Å². The molecule has 1 heterocycles. The lowest BCUT2D eigenvalue weighted by Crippen LogP contribution is -2.36. The zero-order valence-corrected chi connectivity index (χ0v) is 17.4. The SMILES string of the molecule is N#Cc1ccc(N2C(=O)NC(CCC(=O)N(CCC(N)=O)Cc3ccccc3)C2=O)cc1. The van der Waals surface area contributed by atoms with Crippen LogP contribution in [0.15, 0.2) is 54.6 Å². The van der Waals surface area contributed by atoms with Crippen molar-refractivity contribution in [1.82, 2.24) is 10.2 Å². The molecule has 3 rings (SSSR count). The van der Waals surface area contributed by atoms with Crippen LogP contribution >= 0.6 is 0 Å². The Labute approximate surface area is 185 Å². The summed E-state index contributed by atoms with van der Waals surface area (Å²) in [6.07, 6.45) is 0.172. The molecule has 0 bridgehead atoms. The van der Waals surface area contributed by atoms with E-state index in [4.69, 9.17) is 11.0 Å². The van der Waals surface area contributed by atoms with Crippen LogP contribution < -0.4 is 16.0 Å². The molecule has 0 saturated carbocycles. The molecular weight excluding hydrogens is 410 g/mol. The van der Waals surface area contributed by atoms with E-state index in [9.17, 15) is 19.2 Å². The minimum absolute atomic E-state index is 0.0174. The summed E-state index contributed by atoms with van der Waals surface area (Å²) in [4.78, 5) is 51.7. The fourth-order valence-corrected chi connectivity index (χ4v) is 3.42. The number of benzene rings is 2. The van der Waals surface area contributed by atoms with Crippen molar-refractivity contribution < 1.29 is 19.2 Å². The molecule has 9 nitrogen and oxygen atoms in total. The van der Waals surface area contributed by atoms with E-state index in [0.717, 1.165) is 10.5 Å². The molecule has 0 spiro atoms. The van der Waals surface area contributed by atoms with Gasteiger partial charge in [0.1, 0.15) is 6.04 Å². The second kappa shape index (κ2) is 10.2. The van der Waals surface area contributed by atoms with Gasteiger partial charge in [0, 0.05) is 25.9 Å². The van der Waals surface area contributed by atoms with Crippen LogP contribution in [-0.4, -0.2) is 41.2 Å². The number of amides is 5. The van der Waals surface area contributed by atoms with Gasteiger partial charge < -0.3 is 16.0 Å². The highest BCUT2D eigenvalue weighted by atomic mass is 16.2. The smallest absolute Gasteiger partial charge is 0.329 e. The predicted octanol–water partition coefficient (Wildman–Crippen LogP) is 1.67. The molecule has 1 aliphatic rings. The van der Waals surface area contributed by atoms with Crippen molar-refractivity contribution >= 4 is 29.4 Å². The lowest BCUT2D eigenvalue weighted by atomic mass is 10.1. The summed E-state index contributed by atoms with van der Waals surface area (Å²) in [5, 5.41) is 11.5. The number of urea groups is 1. The highest BCUT2D eigenvalue weighted by Crippen LogP contribution is 2.22. The topological polar surface area (TPSA) is 137 Å². The van der Waals surface area contributed by atoms with Crippen LogP contribution in [0.4, 0.5) is 10.5 Å². The van der Waals surface area contributed by atoms with Crippen LogP contribution in [0.1, 0.15) is 30.4 Å². The molecule has 2 aromatic rings. The van der Waals surface area contributed by atoms with Gasteiger partial charge in [-0.1, -0.05) is 30.3 Å². The first kappa shape index (κ1) is 22.5. The average Bonchev–Trinajstić information content (AvgIpc) is 3.08. The van der Waals surface area contributed by atoms with E-state index in [1.807, 2.05) is 36.4 Å². The Hall–Kier alpha value is -4.19. The van der Waals surface area contributed by atoms with Crippen molar-refractivity contribution in [3.8, 4) is 6.07 Å². The van der Waals surface area contributed by atoms with Gasteiger partial charge in [0.25, 0.3) is 5.91 Å². The number of primary amides is 1. The second-order valence-corrected chi connectivity index (χ2v) is 7.39. The Kier molecular flexibility index (Phi) is 7.18. The second-order valence-electron chi connectivity index (χ2n) is 7.39. The number of anilines is 1. The van der Waals surface area contributed by atoms with Crippen LogP contribution in [0.2, 0.25) is 0 Å². The molecule has 1 unspecified atom stereocenters. The fourth-order valence-electron chi connectivity index (χ4n) is 3.42. The number of imide groups is 1. The molecule has 5 amide bonds. The zero-order chi connectivity index (χ0) is 23.1. The first-order chi connectivity index (χ1) is 15.4. The summed E-state index contributed by atoms with van der Waals surface area (Å²) < 4.78 is 0. The van der Waals surface area contributed by atoms with E-state index in [1.54, 1.807) is 0 Å². The van der Waals surface area contributed by atoms with Gasteiger partial charge in [-0.3, -0.25) is 14.4 Å². The molecule has 3 N–H and O–H groups in total. The molecular formula is C23H23N5O4. The van der Waals surface area contributed by atoms with Gasteiger partial charge in [0.2, 0.25) is 11.8 Å². The molecule has 1 saturated heterocycles. The van der Waals surface area contributed by atoms with Crippen LogP contribution in [0.5, 0.6) is 0 Å². The monoisotopic (exact) mass is 433 g/mol. The molecule has 1 fully saturated rings. The number of carbonyl (C=O) groups is 4. The Bertz CT molecular complexity index is 1050. The summed E-state index contributed by atoms with van der Waals surface area (Å²) >= 11 is 0. The van der Waals surface area contributed by atoms with Gasteiger partial charge in [0.05, 0.1) is 17.3 Å². The standard InChI is InChI=1S/C23H23N5O4/c24-14-16-6-8-18(9-7-16)28-22(31)19(26-23(28)32)10-11-21(30)27(13-12-20(25)29)15-17-4-2-1-3-5-17/h1-9,19H,10-13,15H2,(H2,25,29)(H,26,32). The number of nitrogens with one attached hydrogen (secondary N) is 1. The molecule has 0 radical (unpaired) electrons. The number of hydrogen-bond acceptors (Lipinski definition) is 5. The normalized spacial score (nSPS) is 15.2. The number of nitrogens with two attached hydrogens (primary N) is 1. The third kappa shape index (κ3) is 5.49. The van der Waals surface area contributed by atoms with E-state index in [0.29, 0.717) is 17.8 Å². The number of hydrogen-bond donors (Lipinski definition) is 2. The van der Waals surface area contributed by atoms with Gasteiger partial charge in [-0.15, -0.1) is 0 Å². The Morgan fingerprint density at radius 1 is 1.06 bits per heavy atom. The molecule has 2 aromatic carbocycles. The maximum Gasteiger partial charge on any atom is 0.329 e. The van der Waals surface area contributed by atoms with Crippen LogP contribution in [0.25, 0.3) is 0 Å². The highest BCUT2D eigenvalue weighted by Gasteiger charge is 2.39. The van der Waals surface area contributed by atoms with E-state index >= 15 is 0 Å². The maximum atomic E-state index is 12.8. The largest absolute Gasteiger partial charge is 0.370 e.